The Morgan fingerprint density at radius 2 is 1.78 bits per heavy atom. The molecule has 11 heteroatoms. The summed E-state index contributed by atoms with van der Waals surface area (Å²) in [6.45, 7) is 0.814. The number of esters is 1. The van der Waals surface area contributed by atoms with Crippen LogP contribution in [0.5, 0.6) is 0 Å². The van der Waals surface area contributed by atoms with Gasteiger partial charge in [-0.05, 0) is 31.2 Å². The van der Waals surface area contributed by atoms with E-state index in [1.807, 2.05) is 0 Å². The van der Waals surface area contributed by atoms with E-state index in [-0.39, 0.29) is 26.3 Å². The number of sulfonamides is 1. The zero-order valence-corrected chi connectivity index (χ0v) is 16.5. The molecule has 0 unspecified atom stereocenters. The second kappa shape index (κ2) is 8.12. The first-order chi connectivity index (χ1) is 12.6. The summed E-state index contributed by atoms with van der Waals surface area (Å²) >= 11 is 11.9. The number of hydrogen-bond acceptors (Lipinski definition) is 6. The van der Waals surface area contributed by atoms with Crippen molar-refractivity contribution in [3.05, 3.63) is 62.1 Å². The molecule has 0 aromatic heterocycles. The van der Waals surface area contributed by atoms with Gasteiger partial charge < -0.3 is 4.74 Å². The molecule has 0 amide bonds. The zero-order chi connectivity index (χ0) is 20.4. The molecule has 0 heterocycles. The summed E-state index contributed by atoms with van der Waals surface area (Å²) in [5.41, 5.74) is -0.0522. The molecule has 0 fully saturated rings. The van der Waals surface area contributed by atoms with Crippen LogP contribution in [0.25, 0.3) is 0 Å². The summed E-state index contributed by atoms with van der Waals surface area (Å²) in [6, 6.07) is 7.46. The van der Waals surface area contributed by atoms with Crippen molar-refractivity contribution in [2.75, 3.05) is 18.0 Å². The number of halogens is 2. The third-order valence-electron chi connectivity index (χ3n) is 3.60. The molecule has 2 rings (SSSR count). The average Bonchev–Trinajstić information content (AvgIpc) is 2.58. The summed E-state index contributed by atoms with van der Waals surface area (Å²) in [4.78, 5) is 21.9. The summed E-state index contributed by atoms with van der Waals surface area (Å²) in [6.07, 6.45) is 0. The van der Waals surface area contributed by atoms with Gasteiger partial charge in [-0.3, -0.25) is 19.2 Å². The van der Waals surface area contributed by atoms with Crippen molar-refractivity contribution in [1.29, 1.82) is 0 Å². The van der Waals surface area contributed by atoms with Crippen LogP contribution in [0.2, 0.25) is 10.0 Å². The number of benzene rings is 2. The monoisotopic (exact) mass is 432 g/mol. The van der Waals surface area contributed by atoms with Gasteiger partial charge >= 0.3 is 5.97 Å². The Hall–Kier alpha value is -2.36. The third kappa shape index (κ3) is 4.68. The van der Waals surface area contributed by atoms with Gasteiger partial charge in [-0.15, -0.1) is 0 Å². The van der Waals surface area contributed by atoms with Crippen LogP contribution in [0.3, 0.4) is 0 Å². The van der Waals surface area contributed by atoms with Crippen LogP contribution in [0.4, 0.5) is 11.4 Å². The first-order valence-electron chi connectivity index (χ1n) is 7.37. The van der Waals surface area contributed by atoms with Gasteiger partial charge in [0.1, 0.15) is 6.54 Å². The average molecular weight is 433 g/mol. The van der Waals surface area contributed by atoms with E-state index >= 15 is 0 Å². The highest BCUT2D eigenvalue weighted by molar-refractivity contribution is 7.92. The van der Waals surface area contributed by atoms with Gasteiger partial charge in [0, 0.05) is 21.7 Å². The highest BCUT2D eigenvalue weighted by atomic mass is 35.5. The van der Waals surface area contributed by atoms with E-state index < -0.39 is 27.5 Å². The van der Waals surface area contributed by atoms with Gasteiger partial charge in [0.25, 0.3) is 15.7 Å². The van der Waals surface area contributed by atoms with Crippen molar-refractivity contribution in [3.8, 4) is 0 Å². The molecule has 0 radical (unpaired) electrons. The first-order valence-corrected chi connectivity index (χ1v) is 9.56. The van der Waals surface area contributed by atoms with E-state index in [2.05, 4.69) is 4.74 Å². The Balaban J connectivity index is 2.65. The van der Waals surface area contributed by atoms with Crippen molar-refractivity contribution in [2.45, 2.75) is 11.8 Å². The number of nitro groups is 1. The lowest BCUT2D eigenvalue weighted by Crippen LogP contribution is -2.36. The molecule has 2 aromatic rings. The molecule has 0 bridgehead atoms. The lowest BCUT2D eigenvalue weighted by atomic mass is 10.2. The van der Waals surface area contributed by atoms with Gasteiger partial charge in [-0.25, -0.2) is 8.42 Å². The first kappa shape index (κ1) is 20.9. The molecule has 0 saturated carbocycles. The van der Waals surface area contributed by atoms with Crippen LogP contribution in [-0.4, -0.2) is 33.0 Å². The fourth-order valence-electron chi connectivity index (χ4n) is 2.25. The molecule has 27 heavy (non-hydrogen) atoms. The van der Waals surface area contributed by atoms with Crippen LogP contribution in [0.15, 0.2) is 41.3 Å². The summed E-state index contributed by atoms with van der Waals surface area (Å²) in [7, 11) is -3.25. The van der Waals surface area contributed by atoms with Crippen LogP contribution in [-0.2, 0) is 19.6 Å². The van der Waals surface area contributed by atoms with E-state index in [9.17, 15) is 23.3 Å². The molecule has 2 aromatic carbocycles. The second-order valence-corrected chi connectivity index (χ2v) is 8.16. The predicted octanol–water partition coefficient (Wildman–Crippen LogP) is 3.58. The Bertz CT molecular complexity index is 990. The molecule has 0 aliphatic carbocycles. The summed E-state index contributed by atoms with van der Waals surface area (Å²) in [5.74, 6) is -0.837. The molecule has 0 N–H and O–H groups in total. The number of carbonyl (C=O) groups excluding carboxylic acids is 1. The largest absolute Gasteiger partial charge is 0.468 e. The van der Waals surface area contributed by atoms with E-state index in [0.29, 0.717) is 5.56 Å². The summed E-state index contributed by atoms with van der Waals surface area (Å²) in [5, 5.41) is 11.4. The van der Waals surface area contributed by atoms with Gasteiger partial charge in [0.2, 0.25) is 0 Å². The smallest absolute Gasteiger partial charge is 0.326 e. The Kier molecular flexibility index (Phi) is 6.30. The highest BCUT2D eigenvalue weighted by Crippen LogP contribution is 2.31. The molecule has 8 nitrogen and oxygen atoms in total. The van der Waals surface area contributed by atoms with Crippen LogP contribution in [0, 0.1) is 17.0 Å². The fraction of sp³-hybridized carbons (Fsp3) is 0.188. The Morgan fingerprint density at radius 3 is 2.30 bits per heavy atom. The third-order valence-corrected chi connectivity index (χ3v) is 5.81. The topological polar surface area (TPSA) is 107 Å². The Labute approximate surface area is 165 Å². The Morgan fingerprint density at radius 1 is 1.19 bits per heavy atom. The molecule has 0 atom stereocenters. The standard InChI is InChI=1S/C16H14Cl2N2O6S/c1-10-3-4-14(8-15(10)20(22)23)27(24,25)19(9-16(21)26-2)13-6-11(17)5-12(18)7-13/h3-8H,9H2,1-2H3. The molecule has 0 saturated heterocycles. The number of aryl methyl sites for hydroxylation is 1. The van der Waals surface area contributed by atoms with Crippen molar-refractivity contribution >= 4 is 50.6 Å². The minimum atomic E-state index is -4.35. The number of ether oxygens (including phenoxy) is 1. The number of nitrogens with zero attached hydrogens (tertiary/aromatic N) is 2. The molecule has 0 aliphatic heterocycles. The number of carbonyl (C=O) groups is 1. The van der Waals surface area contributed by atoms with Crippen LogP contribution < -0.4 is 4.31 Å². The van der Waals surface area contributed by atoms with E-state index in [4.69, 9.17) is 23.2 Å². The van der Waals surface area contributed by atoms with Gasteiger partial charge in [0.05, 0.1) is 22.6 Å². The van der Waals surface area contributed by atoms with Crippen LogP contribution in [0.1, 0.15) is 5.56 Å². The SMILES string of the molecule is COC(=O)CN(c1cc(Cl)cc(Cl)c1)S(=O)(=O)c1ccc(C)c([N+](=O)[O-])c1. The molecule has 144 valence electrons. The zero-order valence-electron chi connectivity index (χ0n) is 14.2. The minimum absolute atomic E-state index is 0.0149. The number of methoxy groups -OCH3 is 1. The maximum atomic E-state index is 13.1. The number of anilines is 1. The maximum absolute atomic E-state index is 13.1. The van der Waals surface area contributed by atoms with Crippen molar-refractivity contribution < 1.29 is 22.9 Å². The minimum Gasteiger partial charge on any atom is -0.468 e. The lowest BCUT2D eigenvalue weighted by molar-refractivity contribution is -0.385. The molecule has 0 aliphatic rings. The fourth-order valence-corrected chi connectivity index (χ4v) is 4.18. The molecular formula is C16H14Cl2N2O6S. The maximum Gasteiger partial charge on any atom is 0.326 e. The lowest BCUT2D eigenvalue weighted by Gasteiger charge is -2.23. The van der Waals surface area contributed by atoms with Crippen molar-refractivity contribution in [3.63, 3.8) is 0 Å². The van der Waals surface area contributed by atoms with Gasteiger partial charge in [0.15, 0.2) is 0 Å². The van der Waals surface area contributed by atoms with Crippen molar-refractivity contribution in [2.24, 2.45) is 0 Å². The van der Waals surface area contributed by atoms with E-state index in [1.165, 1.54) is 37.3 Å². The van der Waals surface area contributed by atoms with E-state index in [1.54, 1.807) is 0 Å². The van der Waals surface area contributed by atoms with Crippen LogP contribution >= 0.6 is 23.2 Å². The number of hydrogen-bond donors (Lipinski definition) is 0. The summed E-state index contributed by atoms with van der Waals surface area (Å²) < 4.78 is 31.5. The number of rotatable bonds is 6. The van der Waals surface area contributed by atoms with Crippen molar-refractivity contribution in [1.82, 2.24) is 0 Å². The van der Waals surface area contributed by atoms with Gasteiger partial charge in [-0.1, -0.05) is 29.3 Å². The molecular weight excluding hydrogens is 419 g/mol. The number of nitro benzene ring substituents is 1. The second-order valence-electron chi connectivity index (χ2n) is 5.42. The normalized spacial score (nSPS) is 11.1. The molecule has 0 spiro atoms. The predicted molar refractivity (Wildman–Crippen MR) is 101 cm³/mol. The highest BCUT2D eigenvalue weighted by Gasteiger charge is 2.30. The van der Waals surface area contributed by atoms with E-state index in [0.717, 1.165) is 17.5 Å². The van der Waals surface area contributed by atoms with Gasteiger partial charge in [-0.2, -0.15) is 0 Å². The quantitative estimate of drug-likeness (QED) is 0.392.